The van der Waals surface area contributed by atoms with Crippen LogP contribution in [0.1, 0.15) is 102 Å². The van der Waals surface area contributed by atoms with E-state index in [9.17, 15) is 19.2 Å². The van der Waals surface area contributed by atoms with Crippen LogP contribution >= 0.6 is 11.8 Å². The maximum absolute atomic E-state index is 13.8. The first-order valence-corrected chi connectivity index (χ1v) is 16.5. The number of ether oxygens (including phenoxy) is 4. The fourth-order valence-electron chi connectivity index (χ4n) is 4.18. The van der Waals surface area contributed by atoms with Crippen molar-refractivity contribution in [1.82, 2.24) is 4.90 Å². The lowest BCUT2D eigenvalue weighted by Gasteiger charge is -2.42. The van der Waals surface area contributed by atoms with E-state index in [2.05, 4.69) is 27.7 Å². The van der Waals surface area contributed by atoms with Crippen molar-refractivity contribution in [3.8, 4) is 0 Å². The van der Waals surface area contributed by atoms with Gasteiger partial charge in [0.25, 0.3) is 0 Å². The van der Waals surface area contributed by atoms with E-state index in [0.717, 1.165) is 0 Å². The largest absolute Gasteiger partial charge is 0.378 e. The molecule has 0 unspecified atom stereocenters. The summed E-state index contributed by atoms with van der Waals surface area (Å²) in [6.07, 6.45) is 0.863. The summed E-state index contributed by atoms with van der Waals surface area (Å²) >= 11 is 1.83. The highest BCUT2D eigenvalue weighted by Gasteiger charge is 2.41. The topological polar surface area (TPSA) is 108 Å². The Bertz CT molecular complexity index is 841. The smallest absolute Gasteiger partial charge is 0.225 e. The van der Waals surface area contributed by atoms with E-state index in [1.54, 1.807) is 11.9 Å². The van der Waals surface area contributed by atoms with Crippen LogP contribution in [0, 0.1) is 11.8 Å². The number of hydrogen-bond acceptors (Lipinski definition) is 9. The monoisotopic (exact) mass is 631 g/mol. The van der Waals surface area contributed by atoms with Crippen molar-refractivity contribution in [3.05, 3.63) is 0 Å². The number of likely N-dealkylation sites (N-methyl/N-ethyl adjacent to an activating group) is 1. The molecule has 0 radical (unpaired) electrons. The maximum Gasteiger partial charge on any atom is 0.225 e. The molecule has 43 heavy (non-hydrogen) atoms. The minimum Gasteiger partial charge on any atom is -0.378 e. The van der Waals surface area contributed by atoms with E-state index < -0.39 is 11.1 Å². The molecule has 252 valence electrons. The van der Waals surface area contributed by atoms with Gasteiger partial charge in [-0.25, -0.2) is 0 Å². The Morgan fingerprint density at radius 1 is 0.698 bits per heavy atom. The molecule has 0 heterocycles. The van der Waals surface area contributed by atoms with Crippen LogP contribution < -0.4 is 0 Å². The zero-order valence-electron chi connectivity index (χ0n) is 29.1. The van der Waals surface area contributed by atoms with Crippen LogP contribution in [0.5, 0.6) is 0 Å². The van der Waals surface area contributed by atoms with Crippen LogP contribution in [0.3, 0.4) is 0 Å². The van der Waals surface area contributed by atoms with Crippen LogP contribution in [0.4, 0.5) is 0 Å². The summed E-state index contributed by atoms with van der Waals surface area (Å²) in [7, 11) is 1.69. The second-order valence-electron chi connectivity index (χ2n) is 13.7. The molecular weight excluding hydrogens is 570 g/mol. The lowest BCUT2D eigenvalue weighted by atomic mass is 9.97. The van der Waals surface area contributed by atoms with Crippen LogP contribution in [0.2, 0.25) is 0 Å². The quantitative estimate of drug-likeness (QED) is 0.120. The van der Waals surface area contributed by atoms with Gasteiger partial charge in [-0.05, 0) is 39.9 Å². The molecule has 0 rings (SSSR count). The highest BCUT2D eigenvalue weighted by atomic mass is 32.2. The van der Waals surface area contributed by atoms with Gasteiger partial charge >= 0.3 is 0 Å². The molecule has 9 nitrogen and oxygen atoms in total. The SMILES string of the molecule is CC(=O)CCOCC(COCCC(=O)C(C)C)(COCCC(=O)C(C)C)N(C)C(=O)CC(C)(C)OCC(C)(C)SC(C)C. The van der Waals surface area contributed by atoms with Gasteiger partial charge in [0.05, 0.1) is 58.3 Å². The van der Waals surface area contributed by atoms with Crippen molar-refractivity contribution in [2.24, 2.45) is 11.8 Å². The summed E-state index contributed by atoms with van der Waals surface area (Å²) in [5, 5.41) is 0.449. The van der Waals surface area contributed by atoms with Crippen molar-refractivity contribution in [2.75, 3.05) is 53.3 Å². The highest BCUT2D eigenvalue weighted by molar-refractivity contribution is 8.01. The molecule has 0 spiro atoms. The van der Waals surface area contributed by atoms with Gasteiger partial charge in [0, 0.05) is 42.9 Å². The van der Waals surface area contributed by atoms with E-state index >= 15 is 0 Å². The first kappa shape index (κ1) is 41.7. The maximum atomic E-state index is 13.8. The summed E-state index contributed by atoms with van der Waals surface area (Å²) in [5.74, 6) is -0.194. The summed E-state index contributed by atoms with van der Waals surface area (Å²) < 4.78 is 24.1. The normalized spacial score (nSPS) is 12.8. The van der Waals surface area contributed by atoms with Crippen molar-refractivity contribution >= 4 is 35.0 Å². The number of thioether (sulfide) groups is 1. The zero-order valence-corrected chi connectivity index (χ0v) is 29.9. The second-order valence-corrected chi connectivity index (χ2v) is 16.0. The van der Waals surface area contributed by atoms with Crippen LogP contribution in [0.25, 0.3) is 0 Å². The van der Waals surface area contributed by atoms with Crippen molar-refractivity contribution in [3.63, 3.8) is 0 Å². The number of rotatable bonds is 25. The minimum absolute atomic E-state index is 0.000575. The van der Waals surface area contributed by atoms with Gasteiger partial charge in [-0.3, -0.25) is 19.2 Å². The van der Waals surface area contributed by atoms with Gasteiger partial charge in [0.1, 0.15) is 22.9 Å². The van der Waals surface area contributed by atoms with Gasteiger partial charge in [-0.15, -0.1) is 0 Å². The Labute approximate surface area is 265 Å². The fourth-order valence-corrected chi connectivity index (χ4v) is 5.58. The second kappa shape index (κ2) is 19.9. The molecule has 0 aromatic rings. The van der Waals surface area contributed by atoms with E-state index in [1.165, 1.54) is 6.92 Å². The van der Waals surface area contributed by atoms with E-state index in [1.807, 2.05) is 53.3 Å². The Hall–Kier alpha value is -1.33. The molecule has 0 aromatic carbocycles. The van der Waals surface area contributed by atoms with Crippen LogP contribution in [-0.2, 0) is 38.1 Å². The number of carbonyl (C=O) groups excluding carboxylic acids is 4. The van der Waals surface area contributed by atoms with Crippen LogP contribution in [0.15, 0.2) is 0 Å². The summed E-state index contributed by atoms with van der Waals surface area (Å²) in [4.78, 5) is 51.3. The minimum atomic E-state index is -1.06. The molecule has 0 atom stereocenters. The molecule has 0 aromatic heterocycles. The van der Waals surface area contributed by atoms with E-state index in [-0.39, 0.29) is 105 Å². The Morgan fingerprint density at radius 2 is 1.12 bits per heavy atom. The van der Waals surface area contributed by atoms with Gasteiger partial charge in [-0.1, -0.05) is 41.5 Å². The third-order valence-corrected chi connectivity index (χ3v) is 8.24. The lowest BCUT2D eigenvalue weighted by Crippen LogP contribution is -2.60. The summed E-state index contributed by atoms with van der Waals surface area (Å²) in [6.45, 7) is 22.5. The molecular formula is C33H61NO8S. The molecule has 0 bridgehead atoms. The highest BCUT2D eigenvalue weighted by Crippen LogP contribution is 2.31. The van der Waals surface area contributed by atoms with Gasteiger partial charge in [0.2, 0.25) is 5.91 Å². The third kappa shape index (κ3) is 18.3. The van der Waals surface area contributed by atoms with Gasteiger partial charge < -0.3 is 23.8 Å². The number of amides is 1. The molecule has 0 saturated carbocycles. The molecule has 0 aliphatic heterocycles. The fraction of sp³-hybridized carbons (Fsp3) is 0.879. The first-order chi connectivity index (χ1) is 19.7. The van der Waals surface area contributed by atoms with E-state index in [4.69, 9.17) is 18.9 Å². The Kier molecular flexibility index (Phi) is 19.3. The number of hydrogen-bond donors (Lipinski definition) is 0. The molecule has 0 aliphatic carbocycles. The summed E-state index contributed by atoms with van der Waals surface area (Å²) in [6, 6.07) is 0. The number of ketones is 3. The van der Waals surface area contributed by atoms with Crippen molar-refractivity contribution < 1.29 is 38.1 Å². The summed E-state index contributed by atoms with van der Waals surface area (Å²) in [5.41, 5.74) is -1.80. The van der Waals surface area contributed by atoms with Crippen LogP contribution in [-0.4, -0.2) is 103 Å². The molecule has 0 fully saturated rings. The van der Waals surface area contributed by atoms with Gasteiger partial charge in [-0.2, -0.15) is 11.8 Å². The molecule has 1 amide bonds. The van der Waals surface area contributed by atoms with Crippen molar-refractivity contribution in [2.45, 2.75) is 123 Å². The first-order valence-electron chi connectivity index (χ1n) is 15.6. The number of carbonyl (C=O) groups is 4. The Balaban J connectivity index is 5.92. The lowest BCUT2D eigenvalue weighted by molar-refractivity contribution is -0.156. The van der Waals surface area contributed by atoms with E-state index in [0.29, 0.717) is 11.9 Å². The molecule has 0 saturated heterocycles. The van der Waals surface area contributed by atoms with Crippen molar-refractivity contribution in [1.29, 1.82) is 0 Å². The number of nitrogens with zero attached hydrogens (tertiary/aromatic N) is 1. The number of Topliss-reactive ketones (excluding diaryl/α,β-unsaturated/α-hetero) is 3. The molecule has 0 aliphatic rings. The molecule has 0 N–H and O–H groups in total. The predicted octanol–water partition coefficient (Wildman–Crippen LogP) is 5.55. The average Bonchev–Trinajstić information content (AvgIpc) is 2.88. The zero-order chi connectivity index (χ0) is 33.4. The molecule has 10 heteroatoms. The Morgan fingerprint density at radius 3 is 1.49 bits per heavy atom. The average molecular weight is 632 g/mol. The van der Waals surface area contributed by atoms with Gasteiger partial charge in [0.15, 0.2) is 0 Å². The predicted molar refractivity (Wildman–Crippen MR) is 174 cm³/mol. The standard InChI is InChI=1S/C33H61NO8S/c1-24(2)28(36)14-17-40-22-33(21-39-16-13-27(7)35,23-41-18-15-29(37)25(3)4)34(12)30(38)19-31(8,9)42-20-32(10,11)43-26(5)6/h24-26H,13-23H2,1-12H3. The third-order valence-electron chi connectivity index (χ3n) is 7.01.